The van der Waals surface area contributed by atoms with Crippen LogP contribution in [0.2, 0.25) is 0 Å². The fraction of sp³-hybridized carbons (Fsp3) is 0.316. The molecule has 1 N–H and O–H groups in total. The number of rotatable bonds is 7. The van der Waals surface area contributed by atoms with Crippen LogP contribution < -0.4 is 5.32 Å². The largest absolute Gasteiger partial charge is 0.308 e. The molecule has 1 aliphatic carbocycles. The van der Waals surface area contributed by atoms with Gasteiger partial charge in [-0.3, -0.25) is 14.2 Å². The summed E-state index contributed by atoms with van der Waals surface area (Å²) in [7, 11) is 0. The molecule has 0 spiro atoms. The van der Waals surface area contributed by atoms with Crippen molar-refractivity contribution in [1.29, 1.82) is 0 Å². The highest BCUT2D eigenvalue weighted by Gasteiger charge is 2.34. The van der Waals surface area contributed by atoms with E-state index in [4.69, 9.17) is 0 Å². The van der Waals surface area contributed by atoms with Crippen molar-refractivity contribution in [2.24, 2.45) is 0 Å². The third-order valence-electron chi connectivity index (χ3n) is 4.56. The first-order valence-electron chi connectivity index (χ1n) is 9.02. The fourth-order valence-electron chi connectivity index (χ4n) is 3.14. The molecule has 6 nitrogen and oxygen atoms in total. The topological polar surface area (TPSA) is 64.7 Å². The second kappa shape index (κ2) is 8.02. The van der Waals surface area contributed by atoms with E-state index in [1.807, 2.05) is 0 Å². The molecule has 3 aromatic rings. The van der Waals surface area contributed by atoms with E-state index >= 15 is 0 Å². The van der Waals surface area contributed by atoms with Crippen LogP contribution in [0.1, 0.15) is 42.1 Å². The van der Waals surface area contributed by atoms with Gasteiger partial charge in [0.2, 0.25) is 5.91 Å². The molecule has 1 fully saturated rings. The van der Waals surface area contributed by atoms with Crippen LogP contribution in [0.4, 0.5) is 19.0 Å². The fourth-order valence-corrected chi connectivity index (χ4v) is 3.92. The summed E-state index contributed by atoms with van der Waals surface area (Å²) in [5.74, 6) is -0.288. The standard InChI is InChI=1S/C19H17BrF3N5O/c20-16-17(19(22)23)26-28(18(16)12-4-5-12)10-15(29)24-14-6-7-27(25-14)9-11-2-1-3-13(21)8-11/h1-3,6-8,12,19H,4-5,9-10H2,(H,24,25,29). The van der Waals surface area contributed by atoms with Crippen LogP contribution in [0.5, 0.6) is 0 Å². The van der Waals surface area contributed by atoms with Crippen LogP contribution in [0, 0.1) is 5.82 Å². The summed E-state index contributed by atoms with van der Waals surface area (Å²) in [6.45, 7) is 0.164. The maximum Gasteiger partial charge on any atom is 0.283 e. The van der Waals surface area contributed by atoms with E-state index in [2.05, 4.69) is 31.4 Å². The van der Waals surface area contributed by atoms with Gasteiger partial charge in [-0.1, -0.05) is 12.1 Å². The van der Waals surface area contributed by atoms with Gasteiger partial charge in [0.05, 0.1) is 16.7 Å². The average molecular weight is 468 g/mol. The molecule has 0 unspecified atom stereocenters. The highest BCUT2D eigenvalue weighted by molar-refractivity contribution is 9.10. The molecule has 29 heavy (non-hydrogen) atoms. The van der Waals surface area contributed by atoms with Gasteiger partial charge in [-0.2, -0.15) is 10.2 Å². The van der Waals surface area contributed by atoms with Crippen molar-refractivity contribution < 1.29 is 18.0 Å². The number of anilines is 1. The Hall–Kier alpha value is -2.62. The number of amides is 1. The lowest BCUT2D eigenvalue weighted by atomic mass is 10.2. The highest BCUT2D eigenvalue weighted by Crippen LogP contribution is 2.45. The summed E-state index contributed by atoms with van der Waals surface area (Å²) in [6, 6.07) is 7.78. The zero-order valence-corrected chi connectivity index (χ0v) is 16.7. The monoisotopic (exact) mass is 467 g/mol. The minimum atomic E-state index is -2.72. The molecule has 1 saturated carbocycles. The van der Waals surface area contributed by atoms with Gasteiger partial charge < -0.3 is 5.32 Å². The highest BCUT2D eigenvalue weighted by atomic mass is 79.9. The normalized spacial score (nSPS) is 13.8. The lowest BCUT2D eigenvalue weighted by Gasteiger charge is -2.07. The van der Waals surface area contributed by atoms with Gasteiger partial charge in [-0.05, 0) is 46.5 Å². The predicted octanol–water partition coefficient (Wildman–Crippen LogP) is 4.48. The predicted molar refractivity (Wildman–Crippen MR) is 103 cm³/mol. The van der Waals surface area contributed by atoms with Gasteiger partial charge in [0.1, 0.15) is 18.1 Å². The van der Waals surface area contributed by atoms with Crippen molar-refractivity contribution in [2.75, 3.05) is 5.32 Å². The number of alkyl halides is 2. The van der Waals surface area contributed by atoms with Crippen LogP contribution in [-0.4, -0.2) is 25.5 Å². The van der Waals surface area contributed by atoms with Crippen LogP contribution >= 0.6 is 15.9 Å². The molecule has 1 aromatic carbocycles. The van der Waals surface area contributed by atoms with Crippen molar-refractivity contribution >= 4 is 27.7 Å². The van der Waals surface area contributed by atoms with Gasteiger partial charge >= 0.3 is 0 Å². The molecule has 0 bridgehead atoms. The molecular formula is C19H17BrF3N5O. The summed E-state index contributed by atoms with van der Waals surface area (Å²) < 4.78 is 42.8. The number of nitrogens with one attached hydrogen (secondary N) is 1. The molecule has 152 valence electrons. The van der Waals surface area contributed by atoms with E-state index in [0.717, 1.165) is 18.4 Å². The molecule has 2 heterocycles. The van der Waals surface area contributed by atoms with Crippen LogP contribution in [0.3, 0.4) is 0 Å². The number of hydrogen-bond donors (Lipinski definition) is 1. The first kappa shape index (κ1) is 19.7. The van der Waals surface area contributed by atoms with Crippen LogP contribution in [-0.2, 0) is 17.9 Å². The Kier molecular flexibility index (Phi) is 5.44. The third kappa shape index (κ3) is 4.52. The van der Waals surface area contributed by atoms with Crippen LogP contribution in [0.15, 0.2) is 41.0 Å². The summed E-state index contributed by atoms with van der Waals surface area (Å²) in [4.78, 5) is 12.4. The Balaban J connectivity index is 1.43. The van der Waals surface area contributed by atoms with Crippen molar-refractivity contribution in [3.8, 4) is 0 Å². The van der Waals surface area contributed by atoms with Crippen molar-refractivity contribution in [1.82, 2.24) is 19.6 Å². The Labute approximate surface area is 172 Å². The van der Waals surface area contributed by atoms with Gasteiger partial charge in [-0.15, -0.1) is 0 Å². The molecule has 4 rings (SSSR count). The molecule has 0 radical (unpaired) electrons. The minimum Gasteiger partial charge on any atom is -0.308 e. The van der Waals surface area contributed by atoms with Gasteiger partial charge in [0, 0.05) is 18.2 Å². The molecule has 0 atom stereocenters. The second-order valence-electron chi connectivity index (χ2n) is 6.89. The van der Waals surface area contributed by atoms with Crippen LogP contribution in [0.25, 0.3) is 0 Å². The summed E-state index contributed by atoms with van der Waals surface area (Å²) in [6.07, 6.45) is 0.720. The van der Waals surface area contributed by atoms with Crippen molar-refractivity contribution in [2.45, 2.75) is 38.3 Å². The van der Waals surface area contributed by atoms with E-state index in [1.165, 1.54) is 16.8 Å². The van der Waals surface area contributed by atoms with Gasteiger partial charge in [0.25, 0.3) is 6.43 Å². The number of halogens is 4. The number of carbonyl (C=O) groups is 1. The number of aromatic nitrogens is 4. The Morgan fingerprint density at radius 3 is 2.76 bits per heavy atom. The first-order valence-corrected chi connectivity index (χ1v) is 9.82. The average Bonchev–Trinajstić information content (AvgIpc) is 3.31. The van der Waals surface area contributed by atoms with Crippen molar-refractivity contribution in [3.63, 3.8) is 0 Å². The lowest BCUT2D eigenvalue weighted by Crippen LogP contribution is -2.21. The molecule has 0 aliphatic heterocycles. The number of hydrogen-bond acceptors (Lipinski definition) is 3. The third-order valence-corrected chi connectivity index (χ3v) is 5.37. The maximum absolute atomic E-state index is 13.3. The van der Waals surface area contributed by atoms with Crippen molar-refractivity contribution in [3.05, 3.63) is 63.8 Å². The summed E-state index contributed by atoms with van der Waals surface area (Å²) in [5.41, 5.74) is 1.02. The van der Waals surface area contributed by atoms with Gasteiger partial charge in [0.15, 0.2) is 5.82 Å². The van der Waals surface area contributed by atoms with E-state index < -0.39 is 12.3 Å². The number of carbonyl (C=O) groups excluding carboxylic acids is 1. The Morgan fingerprint density at radius 2 is 2.07 bits per heavy atom. The lowest BCUT2D eigenvalue weighted by molar-refractivity contribution is -0.117. The zero-order valence-electron chi connectivity index (χ0n) is 15.2. The number of benzene rings is 1. The summed E-state index contributed by atoms with van der Waals surface area (Å²) >= 11 is 3.20. The zero-order chi connectivity index (χ0) is 20.5. The SMILES string of the molecule is O=C(Cn1nc(C(F)F)c(Br)c1C1CC1)Nc1ccn(Cc2cccc(F)c2)n1. The number of nitrogens with zero attached hydrogens (tertiary/aromatic N) is 4. The Bertz CT molecular complexity index is 1040. The van der Waals surface area contributed by atoms with Gasteiger partial charge in [-0.25, -0.2) is 13.2 Å². The second-order valence-corrected chi connectivity index (χ2v) is 7.69. The van der Waals surface area contributed by atoms with E-state index in [-0.39, 0.29) is 28.4 Å². The van der Waals surface area contributed by atoms with E-state index in [9.17, 15) is 18.0 Å². The van der Waals surface area contributed by atoms with E-state index in [1.54, 1.807) is 29.1 Å². The first-order chi connectivity index (χ1) is 13.9. The molecule has 1 amide bonds. The molecule has 1 aliphatic rings. The molecule has 2 aromatic heterocycles. The minimum absolute atomic E-state index is 0.141. The molecule has 10 heteroatoms. The maximum atomic E-state index is 13.3. The summed E-state index contributed by atoms with van der Waals surface area (Å²) in [5, 5.41) is 10.8. The Morgan fingerprint density at radius 1 is 1.28 bits per heavy atom. The molecular weight excluding hydrogens is 451 g/mol. The quantitative estimate of drug-likeness (QED) is 0.556. The molecule has 0 saturated heterocycles. The van der Waals surface area contributed by atoms with E-state index in [0.29, 0.717) is 18.1 Å². The smallest absolute Gasteiger partial charge is 0.283 e.